The molecule has 108 valence electrons. The SMILES string of the molecule is CCSCCC(C)n1c(CC)nnc1SCC(=O)O. The second-order valence-electron chi connectivity index (χ2n) is 4.14. The highest BCUT2D eigenvalue weighted by atomic mass is 32.2. The Hall–Kier alpha value is -0.690. The summed E-state index contributed by atoms with van der Waals surface area (Å²) < 4.78 is 2.09. The molecule has 1 unspecified atom stereocenters. The third-order valence-electron chi connectivity index (χ3n) is 2.70. The average molecular weight is 303 g/mol. The first-order valence-corrected chi connectivity index (χ1v) is 8.60. The minimum Gasteiger partial charge on any atom is -0.481 e. The fraction of sp³-hybridized carbons (Fsp3) is 0.750. The first-order chi connectivity index (χ1) is 9.10. The Kier molecular flexibility index (Phi) is 7.30. The zero-order valence-corrected chi connectivity index (χ0v) is 13.3. The molecular weight excluding hydrogens is 282 g/mol. The molecule has 0 aliphatic heterocycles. The number of aryl methyl sites for hydroxylation is 1. The molecule has 0 radical (unpaired) electrons. The van der Waals surface area contributed by atoms with Crippen molar-refractivity contribution < 1.29 is 9.90 Å². The largest absolute Gasteiger partial charge is 0.481 e. The lowest BCUT2D eigenvalue weighted by atomic mass is 10.2. The van der Waals surface area contributed by atoms with Gasteiger partial charge in [-0.15, -0.1) is 10.2 Å². The molecule has 0 aromatic carbocycles. The van der Waals surface area contributed by atoms with E-state index < -0.39 is 5.97 Å². The summed E-state index contributed by atoms with van der Waals surface area (Å²) in [5.41, 5.74) is 0. The van der Waals surface area contributed by atoms with Crippen LogP contribution in [0.5, 0.6) is 0 Å². The van der Waals surface area contributed by atoms with Crippen LogP contribution in [0.25, 0.3) is 0 Å². The molecule has 1 aromatic rings. The maximum atomic E-state index is 10.7. The maximum Gasteiger partial charge on any atom is 0.313 e. The van der Waals surface area contributed by atoms with E-state index in [1.54, 1.807) is 0 Å². The van der Waals surface area contributed by atoms with Gasteiger partial charge < -0.3 is 9.67 Å². The minimum absolute atomic E-state index is 0.0261. The van der Waals surface area contributed by atoms with Gasteiger partial charge in [0.25, 0.3) is 0 Å². The Morgan fingerprint density at radius 3 is 2.74 bits per heavy atom. The minimum atomic E-state index is -0.827. The first-order valence-electron chi connectivity index (χ1n) is 6.46. The molecule has 1 heterocycles. The van der Waals surface area contributed by atoms with Crippen LogP contribution in [-0.4, -0.2) is 43.1 Å². The van der Waals surface area contributed by atoms with Crippen LogP contribution in [0.1, 0.15) is 39.1 Å². The Balaban J connectivity index is 2.76. The lowest BCUT2D eigenvalue weighted by molar-refractivity contribution is -0.133. The molecule has 1 atom stereocenters. The number of thioether (sulfide) groups is 2. The second-order valence-corrected chi connectivity index (χ2v) is 6.48. The number of hydrogen-bond acceptors (Lipinski definition) is 5. The van der Waals surface area contributed by atoms with Gasteiger partial charge in [-0.3, -0.25) is 4.79 Å². The average Bonchev–Trinajstić information content (AvgIpc) is 2.79. The van der Waals surface area contributed by atoms with Crippen LogP contribution in [0.2, 0.25) is 0 Å². The van der Waals surface area contributed by atoms with Crippen molar-refractivity contribution in [3.8, 4) is 0 Å². The predicted octanol–water partition coefficient (Wildman–Crippen LogP) is 2.72. The summed E-state index contributed by atoms with van der Waals surface area (Å²) in [5, 5.41) is 17.7. The summed E-state index contributed by atoms with van der Waals surface area (Å²) in [4.78, 5) is 10.7. The highest BCUT2D eigenvalue weighted by Gasteiger charge is 2.17. The third-order valence-corrected chi connectivity index (χ3v) is 4.56. The number of nitrogens with zero attached hydrogens (tertiary/aromatic N) is 3. The first kappa shape index (κ1) is 16.4. The molecule has 0 amide bonds. The Morgan fingerprint density at radius 1 is 1.42 bits per heavy atom. The van der Waals surface area contributed by atoms with Gasteiger partial charge in [-0.25, -0.2) is 0 Å². The number of carboxylic acid groups (broad SMARTS) is 1. The molecule has 0 aliphatic rings. The zero-order chi connectivity index (χ0) is 14.3. The quantitative estimate of drug-likeness (QED) is 0.559. The standard InChI is InChI=1S/C12H21N3O2S2/c1-4-10-13-14-12(19-8-11(16)17)15(10)9(3)6-7-18-5-2/h9H,4-8H2,1-3H3,(H,16,17). The normalized spacial score (nSPS) is 12.6. The van der Waals surface area contributed by atoms with Crippen LogP contribution in [-0.2, 0) is 11.2 Å². The Bertz CT molecular complexity index is 410. The van der Waals surface area contributed by atoms with Crippen molar-refractivity contribution in [2.75, 3.05) is 17.3 Å². The summed E-state index contributed by atoms with van der Waals surface area (Å²) in [6.45, 7) is 6.34. The topological polar surface area (TPSA) is 68.0 Å². The third kappa shape index (κ3) is 5.06. The molecule has 1 aromatic heterocycles. The molecule has 0 aliphatic carbocycles. The monoisotopic (exact) mass is 303 g/mol. The second kappa shape index (κ2) is 8.47. The predicted molar refractivity (Wildman–Crippen MR) is 80.1 cm³/mol. The molecule has 0 bridgehead atoms. The molecule has 1 rings (SSSR count). The fourth-order valence-corrected chi connectivity index (χ4v) is 3.32. The summed E-state index contributed by atoms with van der Waals surface area (Å²) in [5.74, 6) is 2.35. The van der Waals surface area contributed by atoms with Gasteiger partial charge in [0, 0.05) is 12.5 Å². The van der Waals surface area contributed by atoms with Gasteiger partial charge in [0.1, 0.15) is 5.82 Å². The number of aromatic nitrogens is 3. The van der Waals surface area contributed by atoms with E-state index in [1.807, 2.05) is 18.7 Å². The van der Waals surface area contributed by atoms with Gasteiger partial charge in [0.2, 0.25) is 0 Å². The summed E-state index contributed by atoms with van der Waals surface area (Å²) in [6.07, 6.45) is 1.86. The zero-order valence-electron chi connectivity index (χ0n) is 11.6. The van der Waals surface area contributed by atoms with Crippen molar-refractivity contribution in [2.24, 2.45) is 0 Å². The van der Waals surface area contributed by atoms with Crippen LogP contribution < -0.4 is 0 Å². The van der Waals surface area contributed by atoms with E-state index in [9.17, 15) is 4.79 Å². The molecule has 1 N–H and O–H groups in total. The molecule has 7 heteroatoms. The van der Waals surface area contributed by atoms with Crippen molar-refractivity contribution in [2.45, 2.75) is 44.8 Å². The van der Waals surface area contributed by atoms with Gasteiger partial charge >= 0.3 is 5.97 Å². The molecule has 19 heavy (non-hydrogen) atoms. The van der Waals surface area contributed by atoms with Crippen molar-refractivity contribution in [3.05, 3.63) is 5.82 Å². The number of hydrogen-bond donors (Lipinski definition) is 1. The number of carbonyl (C=O) groups is 1. The van der Waals surface area contributed by atoms with Gasteiger partial charge in [0.15, 0.2) is 5.16 Å². The highest BCUT2D eigenvalue weighted by molar-refractivity contribution is 7.99. The summed E-state index contributed by atoms with van der Waals surface area (Å²) >= 11 is 3.16. The fourth-order valence-electron chi connectivity index (χ4n) is 1.74. The lowest BCUT2D eigenvalue weighted by Gasteiger charge is -2.17. The Morgan fingerprint density at radius 2 is 2.16 bits per heavy atom. The van der Waals surface area contributed by atoms with Gasteiger partial charge in [0.05, 0.1) is 5.75 Å². The molecule has 0 fully saturated rings. The molecular formula is C12H21N3O2S2. The number of carboxylic acids is 1. The van der Waals surface area contributed by atoms with Crippen molar-refractivity contribution >= 4 is 29.5 Å². The molecule has 0 saturated heterocycles. The van der Waals surface area contributed by atoms with E-state index >= 15 is 0 Å². The van der Waals surface area contributed by atoms with E-state index in [0.29, 0.717) is 11.2 Å². The number of aliphatic carboxylic acids is 1. The van der Waals surface area contributed by atoms with E-state index in [2.05, 4.69) is 28.6 Å². The van der Waals surface area contributed by atoms with Crippen LogP contribution in [0, 0.1) is 0 Å². The molecule has 0 spiro atoms. The maximum absolute atomic E-state index is 10.7. The van der Waals surface area contributed by atoms with Gasteiger partial charge in [-0.2, -0.15) is 11.8 Å². The van der Waals surface area contributed by atoms with Crippen molar-refractivity contribution in [1.29, 1.82) is 0 Å². The summed E-state index contributed by atoms with van der Waals surface area (Å²) in [6, 6.07) is 0.306. The summed E-state index contributed by atoms with van der Waals surface area (Å²) in [7, 11) is 0. The van der Waals surface area contributed by atoms with Gasteiger partial charge in [-0.1, -0.05) is 25.6 Å². The van der Waals surface area contributed by atoms with E-state index in [1.165, 1.54) is 11.8 Å². The Labute approximate surface area is 122 Å². The van der Waals surface area contributed by atoms with Crippen molar-refractivity contribution in [3.63, 3.8) is 0 Å². The van der Waals surface area contributed by atoms with Gasteiger partial charge in [-0.05, 0) is 24.9 Å². The lowest BCUT2D eigenvalue weighted by Crippen LogP contribution is -2.12. The van der Waals surface area contributed by atoms with E-state index in [-0.39, 0.29) is 5.75 Å². The highest BCUT2D eigenvalue weighted by Crippen LogP contribution is 2.24. The van der Waals surface area contributed by atoms with Crippen LogP contribution in [0.4, 0.5) is 0 Å². The number of rotatable bonds is 9. The van der Waals surface area contributed by atoms with Crippen molar-refractivity contribution in [1.82, 2.24) is 14.8 Å². The van der Waals surface area contributed by atoms with Crippen LogP contribution in [0.3, 0.4) is 0 Å². The van der Waals surface area contributed by atoms with Crippen LogP contribution >= 0.6 is 23.5 Å². The smallest absolute Gasteiger partial charge is 0.313 e. The molecule has 5 nitrogen and oxygen atoms in total. The van der Waals surface area contributed by atoms with E-state index in [0.717, 1.165) is 30.2 Å². The molecule has 0 saturated carbocycles. The van der Waals surface area contributed by atoms with E-state index in [4.69, 9.17) is 5.11 Å². The van der Waals surface area contributed by atoms with Crippen LogP contribution in [0.15, 0.2) is 5.16 Å².